The quantitative estimate of drug-likeness (QED) is 0.0414. The maximum Gasteiger partial charge on any atom is 0.338 e. The van der Waals surface area contributed by atoms with Crippen molar-refractivity contribution in [1.29, 1.82) is 0 Å². The van der Waals surface area contributed by atoms with Crippen LogP contribution < -0.4 is 22.1 Å². The number of carboxylic acid groups (broad SMARTS) is 1. The molecule has 0 saturated carbocycles. The number of amides is 2. The maximum atomic E-state index is 12.9. The van der Waals surface area contributed by atoms with Crippen LogP contribution in [0.15, 0.2) is 158 Å². The fourth-order valence-electron chi connectivity index (χ4n) is 6.64. The average Bonchev–Trinajstić information content (AvgIpc) is 3.31. The summed E-state index contributed by atoms with van der Waals surface area (Å²) in [5, 5.41) is 26.1. The highest BCUT2D eigenvalue weighted by molar-refractivity contribution is 6.06. The number of carbonyl (C=O) groups excluding carboxylic acids is 3. The largest absolute Gasteiger partial charge is 0.478 e. The Balaban J connectivity index is 0.000000223. The third kappa shape index (κ3) is 11.5. The molecule has 2 heterocycles. The second-order valence-corrected chi connectivity index (χ2v) is 14.5. The van der Waals surface area contributed by atoms with E-state index < -0.39 is 16.9 Å². The molecule has 2 unspecified atom stereocenters. The van der Waals surface area contributed by atoms with Gasteiger partial charge in [-0.15, -0.1) is 0 Å². The highest BCUT2D eigenvalue weighted by Crippen LogP contribution is 2.32. The zero-order valence-electron chi connectivity index (χ0n) is 34.7. The van der Waals surface area contributed by atoms with Crippen LogP contribution in [0.3, 0.4) is 0 Å². The van der Waals surface area contributed by atoms with Crippen LogP contribution in [0.1, 0.15) is 84.1 Å². The van der Waals surface area contributed by atoms with Gasteiger partial charge in [-0.1, -0.05) is 48.5 Å². The molecule has 0 radical (unpaired) electrons. The van der Waals surface area contributed by atoms with Crippen LogP contribution in [-0.2, 0) is 11.3 Å². The topological polar surface area (TPSA) is 243 Å². The Morgan fingerprint density at radius 1 is 0.625 bits per heavy atom. The zero-order chi connectivity index (χ0) is 45.8. The molecule has 7 rings (SSSR count). The molecule has 0 bridgehead atoms. The summed E-state index contributed by atoms with van der Waals surface area (Å²) in [6.45, 7) is 3.44. The molecule has 0 fully saturated rings. The van der Waals surface area contributed by atoms with E-state index >= 15 is 0 Å². The first-order valence-electron chi connectivity index (χ1n) is 19.8. The molecular formula is C49H43N7O8. The number of benzene rings is 5. The van der Waals surface area contributed by atoms with Crippen LogP contribution in [0, 0.1) is 10.1 Å². The van der Waals surface area contributed by atoms with Gasteiger partial charge in [0.05, 0.1) is 21.6 Å². The molecule has 0 saturated heterocycles. The smallest absolute Gasteiger partial charge is 0.338 e. The van der Waals surface area contributed by atoms with Crippen LogP contribution in [0.25, 0.3) is 22.3 Å². The molecule has 15 heteroatoms. The van der Waals surface area contributed by atoms with E-state index in [1.54, 1.807) is 140 Å². The summed E-state index contributed by atoms with van der Waals surface area (Å²) in [7, 11) is 0. The summed E-state index contributed by atoms with van der Waals surface area (Å²) < 4.78 is 5.36. The molecule has 7 N–H and O–H groups in total. The van der Waals surface area contributed by atoms with Gasteiger partial charge in [0, 0.05) is 65.4 Å². The number of carboxylic acids is 1. The van der Waals surface area contributed by atoms with Gasteiger partial charge in [0.25, 0.3) is 17.5 Å². The minimum atomic E-state index is -1.01. The molecule has 0 aliphatic rings. The number of aromatic nitrogens is 2. The number of nitro benzene ring substituents is 1. The van der Waals surface area contributed by atoms with Gasteiger partial charge in [0.2, 0.25) is 0 Å². The number of hydrogen-bond donors (Lipinski definition) is 5. The van der Waals surface area contributed by atoms with Gasteiger partial charge < -0.3 is 31.9 Å². The van der Waals surface area contributed by atoms with Crippen LogP contribution in [0.5, 0.6) is 0 Å². The van der Waals surface area contributed by atoms with Crippen LogP contribution in [-0.4, -0.2) is 43.8 Å². The lowest BCUT2D eigenvalue weighted by Gasteiger charge is -2.16. The van der Waals surface area contributed by atoms with E-state index in [9.17, 15) is 34.4 Å². The van der Waals surface area contributed by atoms with E-state index in [-0.39, 0.29) is 47.3 Å². The van der Waals surface area contributed by atoms with Crippen molar-refractivity contribution in [1.82, 2.24) is 9.97 Å². The van der Waals surface area contributed by atoms with Crippen molar-refractivity contribution < 1.29 is 33.9 Å². The first-order valence-corrected chi connectivity index (χ1v) is 19.8. The maximum absolute atomic E-state index is 12.9. The Kier molecular flexibility index (Phi) is 14.8. The van der Waals surface area contributed by atoms with E-state index in [1.807, 2.05) is 19.9 Å². The number of carbonyl (C=O) groups is 4. The molecule has 2 aromatic heterocycles. The number of nitro groups is 1. The van der Waals surface area contributed by atoms with Gasteiger partial charge in [0.15, 0.2) is 0 Å². The Hall–Kier alpha value is -8.40. The number of aromatic carboxylic acids is 1. The van der Waals surface area contributed by atoms with Gasteiger partial charge in [-0.2, -0.15) is 0 Å². The summed E-state index contributed by atoms with van der Waals surface area (Å²) in [4.78, 5) is 68.1. The van der Waals surface area contributed by atoms with E-state index in [2.05, 4.69) is 20.6 Å². The zero-order valence-corrected chi connectivity index (χ0v) is 34.7. The first kappa shape index (κ1) is 45.1. The lowest BCUT2D eigenvalue weighted by atomic mass is 9.92. The third-order valence-corrected chi connectivity index (χ3v) is 9.87. The fourth-order valence-corrected chi connectivity index (χ4v) is 6.64. The van der Waals surface area contributed by atoms with Gasteiger partial charge >= 0.3 is 11.9 Å². The van der Waals surface area contributed by atoms with Crippen molar-refractivity contribution in [3.05, 3.63) is 207 Å². The molecule has 15 nitrogen and oxygen atoms in total. The minimum Gasteiger partial charge on any atom is -0.478 e. The molecule has 64 heavy (non-hydrogen) atoms. The molecule has 0 aliphatic heterocycles. The van der Waals surface area contributed by atoms with E-state index in [4.69, 9.17) is 16.2 Å². The molecule has 7 aromatic rings. The average molecular weight is 858 g/mol. The Morgan fingerprint density at radius 2 is 1.09 bits per heavy atom. The first-order chi connectivity index (χ1) is 30.8. The summed E-state index contributed by atoms with van der Waals surface area (Å²) in [5.41, 5.74) is 19.4. The Morgan fingerprint density at radius 3 is 1.56 bits per heavy atom. The highest BCUT2D eigenvalue weighted by atomic mass is 16.6. The van der Waals surface area contributed by atoms with Crippen molar-refractivity contribution in [2.24, 2.45) is 11.5 Å². The van der Waals surface area contributed by atoms with Gasteiger partial charge in [-0.25, -0.2) is 9.59 Å². The number of pyridine rings is 2. The molecular weight excluding hydrogens is 815 g/mol. The molecule has 5 aromatic carbocycles. The van der Waals surface area contributed by atoms with Crippen molar-refractivity contribution in [2.75, 3.05) is 10.6 Å². The second kappa shape index (κ2) is 20.9. The van der Waals surface area contributed by atoms with Gasteiger partial charge in [-0.05, 0) is 126 Å². The number of hydrogen-bond acceptors (Lipinski definition) is 11. The number of rotatable bonds is 13. The van der Waals surface area contributed by atoms with E-state index in [0.717, 1.165) is 16.7 Å². The monoisotopic (exact) mass is 857 g/mol. The lowest BCUT2D eigenvalue weighted by Crippen LogP contribution is -2.14. The number of nitrogens with two attached hydrogens (primary N) is 2. The lowest BCUT2D eigenvalue weighted by molar-refractivity contribution is -0.385. The van der Waals surface area contributed by atoms with E-state index in [0.29, 0.717) is 44.8 Å². The molecule has 322 valence electrons. The number of anilines is 2. The number of nitrogens with zero attached hydrogens (tertiary/aromatic N) is 3. The van der Waals surface area contributed by atoms with Crippen LogP contribution >= 0.6 is 0 Å². The second-order valence-electron chi connectivity index (χ2n) is 14.5. The summed E-state index contributed by atoms with van der Waals surface area (Å²) in [6.07, 6.45) is 6.36. The Labute approximate surface area is 367 Å². The normalized spacial score (nSPS) is 11.5. The van der Waals surface area contributed by atoms with Gasteiger partial charge in [-0.3, -0.25) is 29.7 Å². The summed E-state index contributed by atoms with van der Waals surface area (Å²) in [6, 6.07) is 36.1. The van der Waals surface area contributed by atoms with Crippen molar-refractivity contribution >= 4 is 40.8 Å². The highest BCUT2D eigenvalue weighted by Gasteiger charge is 2.19. The molecule has 0 spiro atoms. The molecule has 0 aliphatic carbocycles. The van der Waals surface area contributed by atoms with Gasteiger partial charge in [0.1, 0.15) is 6.61 Å². The summed E-state index contributed by atoms with van der Waals surface area (Å²) in [5.74, 6) is -2.21. The SMILES string of the molecule is CC(N)c1ccc(C(=O)Nc2ccncc2)cc1-c1cccc(C(=O)O)c1.CC(N)c1ccc(C(=O)Nc2ccncc2)cc1-c1cccc(C(=O)OCc2ccccc2[N+](=O)[O-])c1. The minimum absolute atomic E-state index is 0.118. The van der Waals surface area contributed by atoms with Crippen LogP contribution in [0.2, 0.25) is 0 Å². The number of ether oxygens (including phenoxy) is 1. The fraction of sp³-hybridized carbons (Fsp3) is 0.102. The van der Waals surface area contributed by atoms with Crippen LogP contribution in [0.4, 0.5) is 17.1 Å². The van der Waals surface area contributed by atoms with Crippen molar-refractivity contribution in [2.45, 2.75) is 32.5 Å². The summed E-state index contributed by atoms with van der Waals surface area (Å²) >= 11 is 0. The third-order valence-electron chi connectivity index (χ3n) is 9.87. The predicted molar refractivity (Wildman–Crippen MR) is 243 cm³/mol. The van der Waals surface area contributed by atoms with E-state index in [1.165, 1.54) is 12.1 Å². The number of para-hydroxylation sites is 1. The Bertz CT molecular complexity index is 2820. The standard InChI is InChI=1S/C28H24N4O5.C21H19N3O3/c1-18(29)24-10-9-20(27(33)31-23-11-13-30-14-12-23)16-25(24)19-6-4-7-21(15-19)28(34)37-17-22-5-2-3-8-26(22)32(35)36;1-13(22)18-6-5-15(20(25)24-17-7-9-23-10-8-17)12-19(18)14-3-2-4-16(11-14)21(26)27/h2-16,18H,17,29H2,1H3,(H,30,31,33);2-13H,22H2,1H3,(H,26,27)(H,23,24,25). The van der Waals surface area contributed by atoms with Crippen molar-refractivity contribution in [3.8, 4) is 22.3 Å². The molecule has 2 amide bonds. The predicted octanol–water partition coefficient (Wildman–Crippen LogP) is 9.00. The number of esters is 1. The number of nitrogens with one attached hydrogen (secondary N) is 2. The van der Waals surface area contributed by atoms with Crippen molar-refractivity contribution in [3.63, 3.8) is 0 Å². The molecule has 2 atom stereocenters.